The molecule has 2 aliphatic heterocycles. The summed E-state index contributed by atoms with van der Waals surface area (Å²) in [6.45, 7) is 3.98. The van der Waals surface area contributed by atoms with E-state index in [2.05, 4.69) is 10.2 Å². The molecule has 1 fully saturated rings. The molecule has 1 amide bonds. The number of anilines is 1. The van der Waals surface area contributed by atoms with E-state index in [-0.39, 0.29) is 24.0 Å². The molecule has 1 aromatic carbocycles. The molecule has 0 saturated carbocycles. The van der Waals surface area contributed by atoms with Gasteiger partial charge in [0, 0.05) is 18.7 Å². The van der Waals surface area contributed by atoms with Crippen molar-refractivity contribution in [1.29, 1.82) is 0 Å². The number of piperidine rings is 1. The molecule has 1 N–H and O–H groups in total. The van der Waals surface area contributed by atoms with E-state index in [9.17, 15) is 14.9 Å². The van der Waals surface area contributed by atoms with Crippen LogP contribution in [-0.2, 0) is 11.2 Å². The third kappa shape index (κ3) is 4.72. The number of nitrogens with one attached hydrogen (secondary N) is 1. The van der Waals surface area contributed by atoms with Crippen molar-refractivity contribution in [3.05, 3.63) is 33.9 Å². The first kappa shape index (κ1) is 20.6. The molecule has 1 saturated heterocycles. The van der Waals surface area contributed by atoms with Crippen molar-refractivity contribution in [1.82, 2.24) is 10.2 Å². The minimum Gasteiger partial charge on any atom is -0.320 e. The molecule has 0 aromatic heterocycles. The summed E-state index contributed by atoms with van der Waals surface area (Å²) in [6, 6.07) is 4.82. The number of nitro benzene ring substituents is 1. The molecule has 0 aliphatic carbocycles. The average Bonchev–Trinajstić information content (AvgIpc) is 3.04. The molecular weight excluding hydrogens is 356 g/mol. The Morgan fingerprint density at radius 3 is 2.69 bits per heavy atom. The minimum atomic E-state index is -0.406. The number of carbonyl (C=O) groups excluding carboxylic acids is 1. The number of carbonyl (C=O) groups is 1. The summed E-state index contributed by atoms with van der Waals surface area (Å²) < 4.78 is 0. The fraction of sp³-hybridized carbons (Fsp3) is 0.611. The Kier molecular flexibility index (Phi) is 7.37. The van der Waals surface area contributed by atoms with Gasteiger partial charge in [-0.2, -0.15) is 0 Å². The zero-order valence-electron chi connectivity index (χ0n) is 15.1. The second kappa shape index (κ2) is 9.30. The van der Waals surface area contributed by atoms with Crippen LogP contribution >= 0.6 is 12.4 Å². The number of rotatable bonds is 6. The third-order valence-corrected chi connectivity index (χ3v) is 5.34. The number of halogens is 1. The van der Waals surface area contributed by atoms with Crippen molar-refractivity contribution in [2.45, 2.75) is 25.7 Å². The number of likely N-dealkylation sites (tertiary alicyclic amines) is 1. The van der Waals surface area contributed by atoms with Crippen LogP contribution in [-0.4, -0.2) is 55.5 Å². The van der Waals surface area contributed by atoms with Crippen molar-refractivity contribution in [2.24, 2.45) is 5.92 Å². The van der Waals surface area contributed by atoms with Gasteiger partial charge in [-0.15, -0.1) is 12.4 Å². The number of non-ortho nitro benzene ring substituents is 1. The monoisotopic (exact) mass is 382 g/mol. The second-order valence-corrected chi connectivity index (χ2v) is 6.98. The highest BCUT2D eigenvalue weighted by molar-refractivity contribution is 5.97. The summed E-state index contributed by atoms with van der Waals surface area (Å²) in [5, 5.41) is 14.2. The summed E-state index contributed by atoms with van der Waals surface area (Å²) in [7, 11) is 1.98. The Bertz CT molecular complexity index is 647. The molecule has 2 aliphatic rings. The maximum atomic E-state index is 12.7. The van der Waals surface area contributed by atoms with Crippen LogP contribution in [0.25, 0.3) is 0 Å². The fourth-order valence-electron chi connectivity index (χ4n) is 3.80. The van der Waals surface area contributed by atoms with Crippen LogP contribution < -0.4 is 10.2 Å². The van der Waals surface area contributed by atoms with Crippen molar-refractivity contribution >= 4 is 29.7 Å². The van der Waals surface area contributed by atoms with Crippen LogP contribution in [0, 0.1) is 16.0 Å². The van der Waals surface area contributed by atoms with Crippen molar-refractivity contribution in [2.75, 3.05) is 44.7 Å². The summed E-state index contributed by atoms with van der Waals surface area (Å²) in [4.78, 5) is 27.2. The van der Waals surface area contributed by atoms with Crippen molar-refractivity contribution in [3.8, 4) is 0 Å². The topological polar surface area (TPSA) is 78.7 Å². The van der Waals surface area contributed by atoms with Gasteiger partial charge in [-0.3, -0.25) is 19.8 Å². The smallest absolute Gasteiger partial charge is 0.271 e. The van der Waals surface area contributed by atoms with Crippen LogP contribution in [0.1, 0.15) is 24.8 Å². The number of nitro groups is 1. The molecule has 1 aromatic rings. The zero-order valence-corrected chi connectivity index (χ0v) is 16.0. The average molecular weight is 383 g/mol. The summed E-state index contributed by atoms with van der Waals surface area (Å²) in [5.74, 6) is 0.793. The first-order chi connectivity index (χ1) is 12.1. The van der Waals surface area contributed by atoms with Gasteiger partial charge in [0.15, 0.2) is 0 Å². The Hall–Kier alpha value is -1.70. The molecule has 144 valence electrons. The van der Waals surface area contributed by atoms with Gasteiger partial charge in [-0.1, -0.05) is 6.07 Å². The van der Waals surface area contributed by atoms with Crippen molar-refractivity contribution < 1.29 is 9.72 Å². The molecule has 7 nitrogen and oxygen atoms in total. The van der Waals surface area contributed by atoms with E-state index >= 15 is 0 Å². The molecule has 0 unspecified atom stereocenters. The maximum Gasteiger partial charge on any atom is 0.271 e. The maximum absolute atomic E-state index is 12.7. The lowest BCUT2D eigenvalue weighted by atomic mass is 9.93. The normalized spacial score (nSPS) is 17.7. The van der Waals surface area contributed by atoms with Crippen LogP contribution in [0.15, 0.2) is 18.2 Å². The summed E-state index contributed by atoms with van der Waals surface area (Å²) >= 11 is 0. The molecule has 0 spiro atoms. The Balaban J connectivity index is 0.00000243. The lowest BCUT2D eigenvalue weighted by Gasteiger charge is -2.32. The number of nitrogens with zero attached hydrogens (tertiary/aromatic N) is 3. The molecule has 8 heteroatoms. The predicted octanol–water partition coefficient (Wildman–Crippen LogP) is 2.23. The third-order valence-electron chi connectivity index (χ3n) is 5.34. The Morgan fingerprint density at radius 2 is 2.04 bits per heavy atom. The lowest BCUT2D eigenvalue weighted by molar-refractivity contribution is -0.384. The van der Waals surface area contributed by atoms with Gasteiger partial charge in [0.2, 0.25) is 5.91 Å². The van der Waals surface area contributed by atoms with E-state index in [1.165, 1.54) is 18.6 Å². The van der Waals surface area contributed by atoms with Gasteiger partial charge in [0.25, 0.3) is 5.69 Å². The number of fused-ring (bicyclic) bond motifs is 1. The van der Waals surface area contributed by atoms with Gasteiger partial charge < -0.3 is 10.2 Å². The first-order valence-corrected chi connectivity index (χ1v) is 9.03. The Morgan fingerprint density at radius 1 is 1.31 bits per heavy atom. The first-order valence-electron chi connectivity index (χ1n) is 9.03. The van der Waals surface area contributed by atoms with Gasteiger partial charge in [0.05, 0.1) is 17.2 Å². The van der Waals surface area contributed by atoms with Crippen LogP contribution in [0.4, 0.5) is 11.4 Å². The van der Waals surface area contributed by atoms with Crippen LogP contribution in [0.5, 0.6) is 0 Å². The highest BCUT2D eigenvalue weighted by Gasteiger charge is 2.29. The van der Waals surface area contributed by atoms with E-state index < -0.39 is 4.92 Å². The van der Waals surface area contributed by atoms with Gasteiger partial charge in [0.1, 0.15) is 0 Å². The second-order valence-electron chi connectivity index (χ2n) is 6.98. The molecule has 2 heterocycles. The molecule has 0 atom stereocenters. The SMILES string of the molecule is CNCCC1CCN(CC(=O)N2CCc3ccc([N+](=O)[O-])cc32)CC1.Cl. The van der Waals surface area contributed by atoms with E-state index in [4.69, 9.17) is 0 Å². The summed E-state index contributed by atoms with van der Waals surface area (Å²) in [6.07, 6.45) is 4.24. The largest absolute Gasteiger partial charge is 0.320 e. The molecule has 0 radical (unpaired) electrons. The highest BCUT2D eigenvalue weighted by atomic mass is 35.5. The lowest BCUT2D eigenvalue weighted by Crippen LogP contribution is -2.43. The molecule has 3 rings (SSSR count). The molecular formula is C18H27ClN4O3. The Labute approximate surface area is 160 Å². The number of hydrogen-bond donors (Lipinski definition) is 1. The highest BCUT2D eigenvalue weighted by Crippen LogP contribution is 2.32. The van der Waals surface area contributed by atoms with E-state index in [0.717, 1.165) is 50.4 Å². The van der Waals surface area contributed by atoms with Gasteiger partial charge >= 0.3 is 0 Å². The van der Waals surface area contributed by atoms with E-state index in [1.807, 2.05) is 7.05 Å². The van der Waals surface area contributed by atoms with E-state index in [0.29, 0.717) is 18.8 Å². The zero-order chi connectivity index (χ0) is 17.8. The standard InChI is InChI=1S/C18H26N4O3.ClH/c1-19-8-4-14-5-9-20(10-6-14)13-18(23)21-11-7-15-2-3-16(22(24)25)12-17(15)21;/h2-3,12,14,19H,4-11,13H2,1H3;1H. The summed E-state index contributed by atoms with van der Waals surface area (Å²) in [5.41, 5.74) is 1.77. The molecule has 26 heavy (non-hydrogen) atoms. The quantitative estimate of drug-likeness (QED) is 0.603. The van der Waals surface area contributed by atoms with E-state index in [1.54, 1.807) is 11.0 Å². The van der Waals surface area contributed by atoms with Gasteiger partial charge in [-0.05, 0) is 63.8 Å². The van der Waals surface area contributed by atoms with Crippen LogP contribution in [0.2, 0.25) is 0 Å². The molecule has 0 bridgehead atoms. The number of hydrogen-bond acceptors (Lipinski definition) is 5. The van der Waals surface area contributed by atoms with Crippen LogP contribution in [0.3, 0.4) is 0 Å². The van der Waals surface area contributed by atoms with Crippen molar-refractivity contribution in [3.63, 3.8) is 0 Å². The minimum absolute atomic E-state index is 0. The van der Waals surface area contributed by atoms with Gasteiger partial charge in [-0.25, -0.2) is 0 Å². The number of benzene rings is 1. The fourth-order valence-corrected chi connectivity index (χ4v) is 3.80. The predicted molar refractivity (Wildman–Crippen MR) is 104 cm³/mol. The number of amides is 1.